The molecule has 2 heterocycles. The molecule has 152 valence electrons. The van der Waals surface area contributed by atoms with E-state index in [1.807, 2.05) is 12.3 Å². The summed E-state index contributed by atoms with van der Waals surface area (Å²) in [7, 11) is -2.20. The van der Waals surface area contributed by atoms with E-state index in [0.29, 0.717) is 37.7 Å². The van der Waals surface area contributed by atoms with Gasteiger partial charge in [-0.1, -0.05) is 11.8 Å². The number of carbonyl (C=O) groups is 1. The van der Waals surface area contributed by atoms with Crippen LogP contribution in [0.3, 0.4) is 0 Å². The molecule has 1 N–H and O–H groups in total. The Bertz CT molecular complexity index is 939. The molecule has 0 atom stereocenters. The Balaban J connectivity index is 1.74. The molecule has 1 saturated heterocycles. The van der Waals surface area contributed by atoms with Crippen LogP contribution in [0.25, 0.3) is 0 Å². The first-order chi connectivity index (χ1) is 13.4. The summed E-state index contributed by atoms with van der Waals surface area (Å²) in [5.74, 6) is 0.290. The maximum atomic E-state index is 12.8. The first-order valence-corrected chi connectivity index (χ1v) is 11.8. The molecule has 1 amide bonds. The van der Waals surface area contributed by atoms with Crippen LogP contribution in [0.5, 0.6) is 5.75 Å². The average molecular weight is 444 g/mol. The van der Waals surface area contributed by atoms with Gasteiger partial charge in [0.15, 0.2) is 4.34 Å². The summed E-state index contributed by atoms with van der Waals surface area (Å²) in [5, 5.41) is 4.66. The smallest absolute Gasteiger partial charge is 0.243 e. The fraction of sp³-hybridized carbons (Fsp3) is 0.412. The van der Waals surface area contributed by atoms with Crippen LogP contribution in [0.2, 0.25) is 0 Å². The molecule has 0 aliphatic carbocycles. The van der Waals surface area contributed by atoms with E-state index in [-0.39, 0.29) is 16.6 Å². The zero-order valence-electron chi connectivity index (χ0n) is 15.5. The van der Waals surface area contributed by atoms with Crippen molar-refractivity contribution in [2.24, 2.45) is 0 Å². The number of morpholine rings is 1. The standard InChI is InChI=1S/C17H21N3O5S3/c1-12-10-26-17(18-12)27-11-16(21)19-14-9-13(3-4-15(14)24-2)28(22,23)20-5-7-25-8-6-20/h3-4,9-10H,5-8,11H2,1-2H3,(H,19,21). The molecule has 1 aliphatic heterocycles. The van der Waals surface area contributed by atoms with Crippen LogP contribution in [0.15, 0.2) is 32.8 Å². The van der Waals surface area contributed by atoms with Crippen molar-refractivity contribution in [1.82, 2.24) is 9.29 Å². The number of nitrogens with one attached hydrogen (secondary N) is 1. The molecule has 1 aromatic heterocycles. The Morgan fingerprint density at radius 3 is 2.79 bits per heavy atom. The number of aromatic nitrogens is 1. The SMILES string of the molecule is COc1ccc(S(=O)(=O)N2CCOCC2)cc1NC(=O)CSc1nc(C)cs1. The number of hydrogen-bond donors (Lipinski definition) is 1. The molecule has 0 spiro atoms. The van der Waals surface area contributed by atoms with Gasteiger partial charge in [-0.2, -0.15) is 4.31 Å². The van der Waals surface area contributed by atoms with E-state index in [1.165, 1.54) is 46.6 Å². The summed E-state index contributed by atoms with van der Waals surface area (Å²) in [5.41, 5.74) is 1.23. The molecular weight excluding hydrogens is 422 g/mol. The number of hydrogen-bond acceptors (Lipinski definition) is 8. The number of benzene rings is 1. The van der Waals surface area contributed by atoms with Gasteiger partial charge in [0.1, 0.15) is 5.75 Å². The Kier molecular flexibility index (Phi) is 6.94. The van der Waals surface area contributed by atoms with E-state index in [2.05, 4.69) is 10.3 Å². The van der Waals surface area contributed by atoms with Crippen molar-refractivity contribution in [1.29, 1.82) is 0 Å². The van der Waals surface area contributed by atoms with Gasteiger partial charge in [0.2, 0.25) is 15.9 Å². The van der Waals surface area contributed by atoms with Crippen LogP contribution in [0.4, 0.5) is 5.69 Å². The van der Waals surface area contributed by atoms with Crippen LogP contribution in [-0.4, -0.2) is 62.8 Å². The fourth-order valence-corrected chi connectivity index (χ4v) is 5.68. The lowest BCUT2D eigenvalue weighted by Gasteiger charge is -2.26. The molecule has 0 saturated carbocycles. The van der Waals surface area contributed by atoms with E-state index >= 15 is 0 Å². The number of methoxy groups -OCH3 is 1. The van der Waals surface area contributed by atoms with E-state index < -0.39 is 10.0 Å². The lowest BCUT2D eigenvalue weighted by atomic mass is 10.3. The summed E-state index contributed by atoms with van der Waals surface area (Å²) in [6.07, 6.45) is 0. The Hall–Kier alpha value is -1.66. The molecule has 1 aromatic carbocycles. The van der Waals surface area contributed by atoms with Crippen LogP contribution in [-0.2, 0) is 19.6 Å². The van der Waals surface area contributed by atoms with Crippen molar-refractivity contribution in [3.05, 3.63) is 29.3 Å². The van der Waals surface area contributed by atoms with Gasteiger partial charge >= 0.3 is 0 Å². The average Bonchev–Trinajstić information content (AvgIpc) is 3.12. The maximum absolute atomic E-state index is 12.8. The summed E-state index contributed by atoms with van der Waals surface area (Å²) >= 11 is 2.81. The molecule has 8 nitrogen and oxygen atoms in total. The number of thiazole rings is 1. The van der Waals surface area contributed by atoms with Gasteiger partial charge in [0, 0.05) is 24.2 Å². The third-order valence-corrected chi connectivity index (χ3v) is 8.01. The Labute approximate surface area is 172 Å². The van der Waals surface area contributed by atoms with Crippen molar-refractivity contribution < 1.29 is 22.7 Å². The number of nitrogens with zero attached hydrogens (tertiary/aromatic N) is 2. The Morgan fingerprint density at radius 1 is 1.39 bits per heavy atom. The minimum absolute atomic E-state index is 0.105. The molecule has 1 aliphatic rings. The van der Waals surface area contributed by atoms with Crippen LogP contribution in [0, 0.1) is 6.92 Å². The highest BCUT2D eigenvalue weighted by atomic mass is 32.2. The molecule has 3 rings (SSSR count). The highest BCUT2D eigenvalue weighted by Gasteiger charge is 2.27. The minimum atomic E-state index is -3.66. The second-order valence-corrected chi connectivity index (χ2v) is 9.99. The normalized spacial score (nSPS) is 15.4. The largest absolute Gasteiger partial charge is 0.495 e. The third-order valence-electron chi connectivity index (χ3n) is 3.98. The van der Waals surface area contributed by atoms with Crippen molar-refractivity contribution in [2.45, 2.75) is 16.2 Å². The van der Waals surface area contributed by atoms with Gasteiger partial charge in [-0.25, -0.2) is 13.4 Å². The van der Waals surface area contributed by atoms with Crippen LogP contribution < -0.4 is 10.1 Å². The molecule has 2 aromatic rings. The van der Waals surface area contributed by atoms with Gasteiger partial charge in [-0.15, -0.1) is 11.3 Å². The topological polar surface area (TPSA) is 97.8 Å². The number of amides is 1. The minimum Gasteiger partial charge on any atom is -0.495 e. The predicted molar refractivity (Wildman–Crippen MR) is 109 cm³/mol. The summed E-state index contributed by atoms with van der Waals surface area (Å²) < 4.78 is 38.4. The lowest BCUT2D eigenvalue weighted by molar-refractivity contribution is -0.113. The fourth-order valence-electron chi connectivity index (χ4n) is 2.59. The van der Waals surface area contributed by atoms with Crippen LogP contribution >= 0.6 is 23.1 Å². The molecule has 0 unspecified atom stereocenters. The summed E-state index contributed by atoms with van der Waals surface area (Å²) in [6, 6.07) is 4.45. The van der Waals surface area contributed by atoms with Crippen LogP contribution in [0.1, 0.15) is 5.69 Å². The number of carbonyl (C=O) groups excluding carboxylic acids is 1. The first-order valence-electron chi connectivity index (χ1n) is 8.51. The third kappa shape index (κ3) is 5.03. The molecule has 0 bridgehead atoms. The molecule has 1 fully saturated rings. The second-order valence-electron chi connectivity index (χ2n) is 5.97. The number of sulfonamides is 1. The number of thioether (sulfide) groups is 1. The second kappa shape index (κ2) is 9.23. The van der Waals surface area contributed by atoms with Crippen molar-refractivity contribution in [3.8, 4) is 5.75 Å². The van der Waals surface area contributed by atoms with Gasteiger partial charge in [0.25, 0.3) is 0 Å². The quantitative estimate of drug-likeness (QED) is 0.655. The van der Waals surface area contributed by atoms with E-state index in [9.17, 15) is 13.2 Å². The molecule has 28 heavy (non-hydrogen) atoms. The lowest BCUT2D eigenvalue weighted by Crippen LogP contribution is -2.40. The van der Waals surface area contributed by atoms with Crippen molar-refractivity contribution in [3.63, 3.8) is 0 Å². The molecule has 0 radical (unpaired) electrons. The van der Waals surface area contributed by atoms with Gasteiger partial charge in [-0.05, 0) is 25.1 Å². The number of aryl methyl sites for hydroxylation is 1. The van der Waals surface area contributed by atoms with E-state index in [1.54, 1.807) is 6.07 Å². The zero-order chi connectivity index (χ0) is 20.1. The van der Waals surface area contributed by atoms with Crippen molar-refractivity contribution >= 4 is 44.7 Å². The van der Waals surface area contributed by atoms with Crippen molar-refractivity contribution in [2.75, 3.05) is 44.5 Å². The highest BCUT2D eigenvalue weighted by Crippen LogP contribution is 2.30. The highest BCUT2D eigenvalue weighted by molar-refractivity contribution is 8.01. The predicted octanol–water partition coefficient (Wildman–Crippen LogP) is 2.21. The first kappa shape index (κ1) is 21.1. The Morgan fingerprint density at radius 2 is 2.14 bits per heavy atom. The zero-order valence-corrected chi connectivity index (χ0v) is 18.0. The summed E-state index contributed by atoms with van der Waals surface area (Å²) in [6.45, 7) is 3.24. The maximum Gasteiger partial charge on any atom is 0.243 e. The van der Waals surface area contributed by atoms with Gasteiger partial charge < -0.3 is 14.8 Å². The van der Waals surface area contributed by atoms with E-state index in [4.69, 9.17) is 9.47 Å². The van der Waals surface area contributed by atoms with Gasteiger partial charge in [0.05, 0.1) is 36.7 Å². The van der Waals surface area contributed by atoms with Gasteiger partial charge in [-0.3, -0.25) is 4.79 Å². The molecular formula is C17H21N3O5S3. The molecule has 11 heteroatoms. The monoisotopic (exact) mass is 443 g/mol. The summed E-state index contributed by atoms with van der Waals surface area (Å²) in [4.78, 5) is 16.7. The van der Waals surface area contributed by atoms with E-state index in [0.717, 1.165) is 10.0 Å². The number of anilines is 1. The number of ether oxygens (including phenoxy) is 2. The number of rotatable bonds is 7.